The molecule has 4 aliphatic heterocycles. The van der Waals surface area contributed by atoms with Crippen LogP contribution in [-0.2, 0) is 39.9 Å². The van der Waals surface area contributed by atoms with Crippen molar-refractivity contribution in [2.45, 2.75) is 114 Å². The molecule has 0 aromatic heterocycles. The van der Waals surface area contributed by atoms with Crippen molar-refractivity contribution in [3.63, 3.8) is 0 Å². The molecule has 4 heterocycles. The number of anilines is 1. The fourth-order valence-corrected chi connectivity index (χ4v) is 8.58. The molecule has 17 nitrogen and oxygen atoms in total. The first-order chi connectivity index (χ1) is 29.7. The van der Waals surface area contributed by atoms with E-state index in [1.165, 1.54) is 29.7 Å². The van der Waals surface area contributed by atoms with Gasteiger partial charge in [0.15, 0.2) is 0 Å². The number of nitrogens with zero attached hydrogens (tertiary/aromatic N) is 4. The Morgan fingerprint density at radius 1 is 0.921 bits per heavy atom. The third-order valence-corrected chi connectivity index (χ3v) is 11.6. The van der Waals surface area contributed by atoms with Crippen molar-refractivity contribution < 1.29 is 70.5 Å². The van der Waals surface area contributed by atoms with E-state index in [0.29, 0.717) is 24.0 Å². The van der Waals surface area contributed by atoms with Crippen molar-refractivity contribution in [2.24, 2.45) is 5.92 Å². The lowest BCUT2D eigenvalue weighted by molar-refractivity contribution is -0.274. The number of esters is 1. The lowest BCUT2D eigenvalue weighted by atomic mass is 9.98. The summed E-state index contributed by atoms with van der Waals surface area (Å²) in [7, 11) is 0. The Kier molecular flexibility index (Phi) is 14.5. The summed E-state index contributed by atoms with van der Waals surface area (Å²) in [5.74, 6) is -7.72. The molecule has 5 amide bonds. The summed E-state index contributed by atoms with van der Waals surface area (Å²) in [6.07, 6.45) is -7.05. The minimum Gasteiger partial charge on any atom is -0.458 e. The van der Waals surface area contributed by atoms with E-state index in [1.807, 2.05) is 0 Å². The van der Waals surface area contributed by atoms with Gasteiger partial charge >= 0.3 is 12.3 Å². The molecular formula is C41H50F5N7O10. The zero-order chi connectivity index (χ0) is 45.9. The molecule has 344 valence electrons. The van der Waals surface area contributed by atoms with Crippen LogP contribution in [0.1, 0.15) is 58.4 Å². The van der Waals surface area contributed by atoms with Crippen LogP contribution in [0.2, 0.25) is 0 Å². The number of fused-ring (bicyclic) bond motifs is 3. The average molecular weight is 896 g/mol. The van der Waals surface area contributed by atoms with Gasteiger partial charge in [-0.1, -0.05) is 13.0 Å². The first-order valence-electron chi connectivity index (χ1n) is 20.6. The molecule has 22 heteroatoms. The van der Waals surface area contributed by atoms with Crippen LogP contribution in [0.25, 0.3) is 0 Å². The molecule has 5 N–H and O–H groups in total. The van der Waals surface area contributed by atoms with Crippen molar-refractivity contribution in [3.05, 3.63) is 59.7 Å². The van der Waals surface area contributed by atoms with E-state index in [4.69, 9.17) is 4.74 Å². The molecule has 2 aromatic rings. The van der Waals surface area contributed by atoms with E-state index in [2.05, 4.69) is 20.7 Å². The monoisotopic (exact) mass is 895 g/mol. The Labute approximate surface area is 358 Å². The SMILES string of the molecule is C[C@@H]1C[C@H]2C(=O)O[C@@H](C)[C@H](NC(=O)[C@H](Cc3cc(F)cc(F)c3)NCN(O)c3cccc(OC(F)(F)F)c3)C(=O)N3C[C@H](O)C[C@H]3C(=O)N3CCCC[C@H]3C(=O)N[C@@H](C)C(=O)N2C1. The van der Waals surface area contributed by atoms with Crippen LogP contribution < -0.4 is 25.8 Å². The molecule has 0 unspecified atom stereocenters. The minimum absolute atomic E-state index is 0.0724. The van der Waals surface area contributed by atoms with Gasteiger partial charge in [-0.05, 0) is 81.7 Å². The molecule has 0 saturated carbocycles. The summed E-state index contributed by atoms with van der Waals surface area (Å²) in [6, 6.07) is -1.38. The minimum atomic E-state index is -5.05. The average Bonchev–Trinajstić information content (AvgIpc) is 3.81. The second-order valence-corrected chi connectivity index (χ2v) is 16.5. The number of rotatable bonds is 9. The molecule has 9 atom stereocenters. The van der Waals surface area contributed by atoms with Crippen LogP contribution >= 0.6 is 0 Å². The lowest BCUT2D eigenvalue weighted by Gasteiger charge is -2.39. The number of aliphatic hydroxyl groups is 1. The van der Waals surface area contributed by atoms with Gasteiger partial charge in [-0.15, -0.1) is 13.2 Å². The van der Waals surface area contributed by atoms with E-state index >= 15 is 0 Å². The summed E-state index contributed by atoms with van der Waals surface area (Å²) in [4.78, 5) is 88.5. The number of piperidine rings is 1. The number of halogens is 5. The van der Waals surface area contributed by atoms with Gasteiger partial charge in [-0.25, -0.2) is 18.6 Å². The Bertz CT molecular complexity index is 2040. The number of nitrogens with one attached hydrogen (secondary N) is 3. The summed E-state index contributed by atoms with van der Waals surface area (Å²) < 4.78 is 77.2. The first kappa shape index (κ1) is 46.9. The summed E-state index contributed by atoms with van der Waals surface area (Å²) >= 11 is 0. The number of cyclic esters (lactones) is 1. The molecule has 2 aromatic carbocycles. The Morgan fingerprint density at radius 3 is 2.32 bits per heavy atom. The number of aliphatic hydroxyl groups excluding tert-OH is 1. The standard InChI is InChI=1S/C41H50F5N7O10/c1-21-11-33-40(60)62-23(3)34(39(59)52-19-28(54)17-32(52)38(58)50-10-5-4-9-31(50)36(56)48-22(2)37(57)51(33)18-21)49-35(55)30(14-24-12-25(42)15-26(43)13-24)47-20-53(61)27-7-6-8-29(16-27)63-41(44,45)46/h6-8,12-13,15-16,21-23,28,30-34,47,54,61H,4-5,9-11,14,17-20H2,1-3H3,(H,48,56)(H,49,55)/t21-,22+,23+,28-,30+,31+,32+,33+,34+/m1/s1. The van der Waals surface area contributed by atoms with Gasteiger partial charge in [-0.3, -0.25) is 34.5 Å². The normalized spacial score (nSPS) is 27.8. The molecule has 0 aliphatic carbocycles. The molecule has 63 heavy (non-hydrogen) atoms. The number of hydrogen-bond acceptors (Lipinski definition) is 12. The lowest BCUT2D eigenvalue weighted by Crippen LogP contribution is -2.63. The maximum atomic E-state index is 14.7. The summed E-state index contributed by atoms with van der Waals surface area (Å²) in [5, 5.41) is 30.0. The van der Waals surface area contributed by atoms with Gasteiger partial charge in [-0.2, -0.15) is 0 Å². The second kappa shape index (κ2) is 19.4. The van der Waals surface area contributed by atoms with Gasteiger partial charge in [0, 0.05) is 38.2 Å². The van der Waals surface area contributed by atoms with Gasteiger partial charge < -0.3 is 39.9 Å². The van der Waals surface area contributed by atoms with Gasteiger partial charge in [0.1, 0.15) is 53.7 Å². The van der Waals surface area contributed by atoms with E-state index in [0.717, 1.165) is 35.2 Å². The van der Waals surface area contributed by atoms with E-state index in [9.17, 15) is 61.0 Å². The van der Waals surface area contributed by atoms with Crippen molar-refractivity contribution in [3.8, 4) is 5.75 Å². The number of alkyl halides is 3. The van der Waals surface area contributed by atoms with Crippen LogP contribution in [0.5, 0.6) is 5.75 Å². The smallest absolute Gasteiger partial charge is 0.458 e. The van der Waals surface area contributed by atoms with E-state index < -0.39 is 127 Å². The van der Waals surface area contributed by atoms with Crippen molar-refractivity contribution >= 4 is 41.2 Å². The number of carbonyl (C=O) groups is 6. The molecule has 0 radical (unpaired) electrons. The van der Waals surface area contributed by atoms with Crippen LogP contribution in [-0.4, -0.2) is 142 Å². The Balaban J connectivity index is 1.34. The van der Waals surface area contributed by atoms with E-state index in [1.54, 1.807) is 6.92 Å². The third-order valence-electron chi connectivity index (χ3n) is 11.6. The van der Waals surface area contributed by atoms with Crippen molar-refractivity contribution in [1.82, 2.24) is 30.7 Å². The highest BCUT2D eigenvalue weighted by molar-refractivity contribution is 5.97. The Hall–Kier alpha value is -5.61. The number of carbonyl (C=O) groups excluding carboxylic acids is 6. The quantitative estimate of drug-likeness (QED) is 0.106. The van der Waals surface area contributed by atoms with Gasteiger partial charge in [0.2, 0.25) is 29.5 Å². The van der Waals surface area contributed by atoms with Crippen LogP contribution in [0.15, 0.2) is 42.5 Å². The zero-order valence-electron chi connectivity index (χ0n) is 34.6. The predicted molar refractivity (Wildman–Crippen MR) is 209 cm³/mol. The molecule has 4 aliphatic rings. The van der Waals surface area contributed by atoms with Gasteiger partial charge in [0.05, 0.1) is 24.5 Å². The fourth-order valence-electron chi connectivity index (χ4n) is 8.58. The van der Waals surface area contributed by atoms with E-state index in [-0.39, 0.29) is 49.5 Å². The highest BCUT2D eigenvalue weighted by atomic mass is 19.4. The third kappa shape index (κ3) is 11.3. The first-order valence-corrected chi connectivity index (χ1v) is 20.6. The highest BCUT2D eigenvalue weighted by Crippen LogP contribution is 2.30. The molecule has 4 saturated heterocycles. The maximum absolute atomic E-state index is 14.7. The number of amides is 5. The van der Waals surface area contributed by atoms with Crippen LogP contribution in [0.4, 0.5) is 27.6 Å². The zero-order valence-corrected chi connectivity index (χ0v) is 34.6. The summed E-state index contributed by atoms with van der Waals surface area (Å²) in [6.45, 7) is 3.72. The molecular weight excluding hydrogens is 845 g/mol. The maximum Gasteiger partial charge on any atom is 0.573 e. The molecule has 6 rings (SSSR count). The molecule has 0 bridgehead atoms. The number of hydrogen-bond donors (Lipinski definition) is 5. The number of hydroxylamine groups is 1. The largest absolute Gasteiger partial charge is 0.573 e. The Morgan fingerprint density at radius 2 is 1.62 bits per heavy atom. The topological polar surface area (TPSA) is 210 Å². The number of benzene rings is 2. The highest BCUT2D eigenvalue weighted by Gasteiger charge is 2.49. The predicted octanol–water partition coefficient (Wildman–Crippen LogP) is 1.73. The van der Waals surface area contributed by atoms with Gasteiger partial charge in [0.25, 0.3) is 0 Å². The summed E-state index contributed by atoms with van der Waals surface area (Å²) in [5.41, 5.74) is -0.301. The number of ether oxygens (including phenoxy) is 2. The molecule has 4 fully saturated rings. The van der Waals surface area contributed by atoms with Crippen LogP contribution in [0.3, 0.4) is 0 Å². The van der Waals surface area contributed by atoms with Crippen molar-refractivity contribution in [1.29, 1.82) is 0 Å². The van der Waals surface area contributed by atoms with Crippen LogP contribution in [0, 0.1) is 17.6 Å². The van der Waals surface area contributed by atoms with Crippen molar-refractivity contribution in [2.75, 3.05) is 31.4 Å². The fraction of sp³-hybridized carbons (Fsp3) is 0.561. The molecule has 0 spiro atoms. The second-order valence-electron chi connectivity index (χ2n) is 16.5.